The average Bonchev–Trinajstić information content (AvgIpc) is 2.40. The summed E-state index contributed by atoms with van der Waals surface area (Å²) in [5.41, 5.74) is 6.81. The van der Waals surface area contributed by atoms with Crippen molar-refractivity contribution < 1.29 is 13.3 Å². The third-order valence-electron chi connectivity index (χ3n) is 2.80. The highest BCUT2D eigenvalue weighted by Gasteiger charge is 2.41. The van der Waals surface area contributed by atoms with Crippen LogP contribution in [0.15, 0.2) is 30.3 Å². The molecule has 0 bridgehead atoms. The number of hydrogen-bond donors (Lipinski definition) is 1. The number of benzene rings is 1. The van der Waals surface area contributed by atoms with Crippen molar-refractivity contribution in [2.45, 2.75) is 32.9 Å². The Labute approximate surface area is 117 Å². The molecule has 0 aliphatic carbocycles. The number of rotatable bonds is 9. The maximum absolute atomic E-state index is 6.16. The Morgan fingerprint density at radius 2 is 1.68 bits per heavy atom. The molecule has 5 heteroatoms. The molecule has 19 heavy (non-hydrogen) atoms. The summed E-state index contributed by atoms with van der Waals surface area (Å²) in [6.07, 6.45) is -0.0579. The van der Waals surface area contributed by atoms with E-state index in [1.54, 1.807) is 0 Å². The zero-order valence-electron chi connectivity index (χ0n) is 12.1. The van der Waals surface area contributed by atoms with Gasteiger partial charge in [-0.3, -0.25) is 0 Å². The first-order chi connectivity index (χ1) is 9.17. The van der Waals surface area contributed by atoms with Crippen molar-refractivity contribution in [2.24, 2.45) is 5.73 Å². The fourth-order valence-corrected chi connectivity index (χ4v) is 4.52. The Hall–Kier alpha value is -0.723. The molecule has 0 aromatic heterocycles. The minimum Gasteiger partial charge on any atom is -0.374 e. The highest BCUT2D eigenvalue weighted by Crippen LogP contribution is 2.25. The summed E-state index contributed by atoms with van der Waals surface area (Å²) in [6.45, 7) is 7.59. The van der Waals surface area contributed by atoms with E-state index in [9.17, 15) is 0 Å². The standard InChI is InChI=1S/C14H25NO3Si/c1-4-16-19(12-11-15,17-5-2)18-13(3)14-9-7-6-8-10-14/h6-10,13H,4-5,11-12,15H2,1-3H3. The largest absolute Gasteiger partial charge is 0.502 e. The maximum atomic E-state index is 6.16. The van der Waals surface area contributed by atoms with Crippen molar-refractivity contribution in [2.75, 3.05) is 19.8 Å². The summed E-state index contributed by atoms with van der Waals surface area (Å²) < 4.78 is 17.8. The molecule has 0 saturated heterocycles. The molecular weight excluding hydrogens is 258 g/mol. The Balaban J connectivity index is 2.80. The summed E-state index contributed by atoms with van der Waals surface area (Å²) in [5, 5.41) is 0. The van der Waals surface area contributed by atoms with Crippen LogP contribution in [-0.2, 0) is 13.3 Å². The van der Waals surface area contributed by atoms with Crippen molar-refractivity contribution >= 4 is 8.80 Å². The molecule has 1 rings (SSSR count). The third kappa shape index (κ3) is 5.04. The lowest BCUT2D eigenvalue weighted by Gasteiger charge is -2.31. The molecule has 2 N–H and O–H groups in total. The van der Waals surface area contributed by atoms with Gasteiger partial charge in [0.15, 0.2) is 0 Å². The summed E-state index contributed by atoms with van der Waals surface area (Å²) >= 11 is 0. The molecule has 1 unspecified atom stereocenters. The summed E-state index contributed by atoms with van der Waals surface area (Å²) in [6, 6.07) is 10.7. The van der Waals surface area contributed by atoms with Crippen LogP contribution in [0.2, 0.25) is 6.04 Å². The molecule has 0 amide bonds. The van der Waals surface area contributed by atoms with Gasteiger partial charge in [0.05, 0.1) is 6.10 Å². The molecule has 0 aliphatic rings. The van der Waals surface area contributed by atoms with Crippen LogP contribution in [0, 0.1) is 0 Å². The summed E-state index contributed by atoms with van der Waals surface area (Å²) in [7, 11) is -2.67. The van der Waals surface area contributed by atoms with Gasteiger partial charge in [-0.05, 0) is 32.9 Å². The first kappa shape index (κ1) is 16.3. The van der Waals surface area contributed by atoms with E-state index in [4.69, 9.17) is 19.0 Å². The zero-order chi connectivity index (χ0) is 14.1. The second kappa shape index (κ2) is 8.45. The predicted molar refractivity (Wildman–Crippen MR) is 78.8 cm³/mol. The molecule has 4 nitrogen and oxygen atoms in total. The minimum atomic E-state index is -2.67. The molecule has 0 aliphatic heterocycles. The van der Waals surface area contributed by atoms with Gasteiger partial charge >= 0.3 is 8.80 Å². The summed E-state index contributed by atoms with van der Waals surface area (Å²) in [5.74, 6) is 0. The van der Waals surface area contributed by atoms with Crippen molar-refractivity contribution in [3.63, 3.8) is 0 Å². The lowest BCUT2D eigenvalue weighted by Crippen LogP contribution is -2.48. The lowest BCUT2D eigenvalue weighted by atomic mass is 10.1. The molecule has 1 aromatic rings. The predicted octanol–water partition coefficient (Wildman–Crippen LogP) is 2.73. The first-order valence-electron chi connectivity index (χ1n) is 6.88. The van der Waals surface area contributed by atoms with Crippen LogP contribution in [0.4, 0.5) is 0 Å². The van der Waals surface area contributed by atoms with E-state index in [1.807, 2.05) is 51.1 Å². The molecule has 0 spiro atoms. The van der Waals surface area contributed by atoms with Crippen LogP contribution in [0.5, 0.6) is 0 Å². The van der Waals surface area contributed by atoms with Crippen molar-refractivity contribution in [3.8, 4) is 0 Å². The molecule has 1 atom stereocenters. The van der Waals surface area contributed by atoms with Gasteiger partial charge in [0, 0.05) is 19.3 Å². The van der Waals surface area contributed by atoms with Gasteiger partial charge in [0.1, 0.15) is 0 Å². The fraction of sp³-hybridized carbons (Fsp3) is 0.571. The molecule has 1 aromatic carbocycles. The first-order valence-corrected chi connectivity index (χ1v) is 8.81. The Morgan fingerprint density at radius 3 is 2.16 bits per heavy atom. The second-order valence-corrected chi connectivity index (χ2v) is 6.94. The average molecular weight is 283 g/mol. The fourth-order valence-electron chi connectivity index (χ4n) is 1.99. The van der Waals surface area contributed by atoms with Crippen molar-refractivity contribution in [1.82, 2.24) is 0 Å². The van der Waals surface area contributed by atoms with E-state index in [-0.39, 0.29) is 6.10 Å². The molecular formula is C14H25NO3Si. The summed E-state index contributed by atoms with van der Waals surface area (Å²) in [4.78, 5) is 0. The second-order valence-electron chi connectivity index (χ2n) is 4.26. The topological polar surface area (TPSA) is 53.7 Å². The van der Waals surface area contributed by atoms with E-state index >= 15 is 0 Å². The van der Waals surface area contributed by atoms with E-state index in [0.29, 0.717) is 25.8 Å². The van der Waals surface area contributed by atoms with Crippen molar-refractivity contribution in [1.29, 1.82) is 0 Å². The quantitative estimate of drug-likeness (QED) is 0.708. The zero-order valence-corrected chi connectivity index (χ0v) is 13.1. The number of hydrogen-bond acceptors (Lipinski definition) is 4. The minimum absolute atomic E-state index is 0.0579. The van der Waals surface area contributed by atoms with Gasteiger partial charge in [-0.25, -0.2) is 0 Å². The van der Waals surface area contributed by atoms with Crippen LogP contribution in [-0.4, -0.2) is 28.6 Å². The Kier molecular flexibility index (Phi) is 7.26. The normalized spacial score (nSPS) is 13.5. The number of nitrogens with two attached hydrogens (primary N) is 1. The van der Waals surface area contributed by atoms with Gasteiger partial charge in [0.2, 0.25) is 0 Å². The van der Waals surface area contributed by atoms with E-state index in [0.717, 1.165) is 5.56 Å². The maximum Gasteiger partial charge on any atom is 0.502 e. The molecule has 108 valence electrons. The molecule has 0 radical (unpaired) electrons. The van der Waals surface area contributed by atoms with E-state index in [2.05, 4.69) is 0 Å². The molecule has 0 heterocycles. The highest BCUT2D eigenvalue weighted by atomic mass is 28.4. The van der Waals surface area contributed by atoms with Crippen LogP contribution in [0.3, 0.4) is 0 Å². The Bertz CT molecular complexity index is 331. The van der Waals surface area contributed by atoms with Crippen LogP contribution in [0.25, 0.3) is 0 Å². The van der Waals surface area contributed by atoms with Gasteiger partial charge in [-0.2, -0.15) is 0 Å². The smallest absolute Gasteiger partial charge is 0.374 e. The van der Waals surface area contributed by atoms with Gasteiger partial charge < -0.3 is 19.0 Å². The highest BCUT2D eigenvalue weighted by molar-refractivity contribution is 6.60. The van der Waals surface area contributed by atoms with Crippen LogP contribution >= 0.6 is 0 Å². The monoisotopic (exact) mass is 283 g/mol. The van der Waals surface area contributed by atoms with Crippen molar-refractivity contribution in [3.05, 3.63) is 35.9 Å². The lowest BCUT2D eigenvalue weighted by molar-refractivity contribution is 0.0384. The SMILES string of the molecule is CCO[Si](CCN)(OCC)OC(C)c1ccccc1. The Morgan fingerprint density at radius 1 is 1.11 bits per heavy atom. The van der Waals surface area contributed by atoms with E-state index < -0.39 is 8.80 Å². The van der Waals surface area contributed by atoms with E-state index in [1.165, 1.54) is 0 Å². The molecule has 0 fully saturated rings. The van der Waals surface area contributed by atoms with Gasteiger partial charge in [-0.15, -0.1) is 0 Å². The molecule has 0 saturated carbocycles. The van der Waals surface area contributed by atoms with Gasteiger partial charge in [0.25, 0.3) is 0 Å². The van der Waals surface area contributed by atoms with Crippen LogP contribution < -0.4 is 5.73 Å². The third-order valence-corrected chi connectivity index (χ3v) is 5.88. The van der Waals surface area contributed by atoms with Gasteiger partial charge in [-0.1, -0.05) is 30.3 Å². The van der Waals surface area contributed by atoms with Crippen LogP contribution in [0.1, 0.15) is 32.4 Å².